The second-order valence-electron chi connectivity index (χ2n) is 6.93. The van der Waals surface area contributed by atoms with Crippen molar-refractivity contribution < 1.29 is 14.0 Å². The third kappa shape index (κ3) is 5.88. The first-order valence-electron chi connectivity index (χ1n) is 9.50. The molecular weight excluding hydrogens is 385 g/mol. The number of hydrogen-bond donors (Lipinski definition) is 2. The average molecular weight is 407 g/mol. The van der Waals surface area contributed by atoms with Gasteiger partial charge in [0.1, 0.15) is 12.4 Å². The summed E-state index contributed by atoms with van der Waals surface area (Å²) in [6.07, 6.45) is 2.02. The fraction of sp³-hybridized carbons (Fsp3) is 0.174. The molecule has 0 radical (unpaired) electrons. The Morgan fingerprint density at radius 2 is 1.80 bits per heavy atom. The summed E-state index contributed by atoms with van der Waals surface area (Å²) in [4.78, 5) is 36.7. The summed E-state index contributed by atoms with van der Waals surface area (Å²) < 4.78 is 14.2. The SMILES string of the molecule is Cc1cccc(CCNC(=O)Cn2cc(C(=O)Nc3ccc(F)cc3)ccc2=O)c1. The Hall–Kier alpha value is -3.74. The molecular formula is C23H22FN3O3. The van der Waals surface area contributed by atoms with Crippen molar-refractivity contribution in [1.82, 2.24) is 9.88 Å². The summed E-state index contributed by atoms with van der Waals surface area (Å²) in [7, 11) is 0. The van der Waals surface area contributed by atoms with E-state index in [1.54, 1.807) is 0 Å². The van der Waals surface area contributed by atoms with Gasteiger partial charge >= 0.3 is 0 Å². The maximum atomic E-state index is 13.0. The third-order valence-electron chi connectivity index (χ3n) is 4.48. The average Bonchev–Trinajstić information content (AvgIpc) is 2.71. The van der Waals surface area contributed by atoms with Crippen LogP contribution in [0.3, 0.4) is 0 Å². The maximum absolute atomic E-state index is 13.0. The fourth-order valence-corrected chi connectivity index (χ4v) is 2.95. The monoisotopic (exact) mass is 407 g/mol. The van der Waals surface area contributed by atoms with Crippen molar-refractivity contribution in [2.24, 2.45) is 0 Å². The molecule has 7 heteroatoms. The molecule has 0 saturated carbocycles. The van der Waals surface area contributed by atoms with Gasteiger partial charge in [-0.05, 0) is 49.2 Å². The Labute approximate surface area is 173 Å². The topological polar surface area (TPSA) is 80.2 Å². The number of carbonyl (C=O) groups excluding carboxylic acids is 2. The van der Waals surface area contributed by atoms with Gasteiger partial charge in [0.05, 0.1) is 5.56 Å². The van der Waals surface area contributed by atoms with Crippen LogP contribution >= 0.6 is 0 Å². The van der Waals surface area contributed by atoms with E-state index >= 15 is 0 Å². The lowest BCUT2D eigenvalue weighted by atomic mass is 10.1. The normalized spacial score (nSPS) is 10.5. The number of nitrogens with one attached hydrogen (secondary N) is 2. The zero-order valence-corrected chi connectivity index (χ0v) is 16.5. The molecule has 30 heavy (non-hydrogen) atoms. The number of rotatable bonds is 7. The molecule has 6 nitrogen and oxygen atoms in total. The first-order valence-corrected chi connectivity index (χ1v) is 9.50. The van der Waals surface area contributed by atoms with Crippen LogP contribution in [0.15, 0.2) is 71.7 Å². The Morgan fingerprint density at radius 3 is 2.53 bits per heavy atom. The minimum Gasteiger partial charge on any atom is -0.354 e. The summed E-state index contributed by atoms with van der Waals surface area (Å²) in [6.45, 7) is 2.26. The van der Waals surface area contributed by atoms with E-state index in [1.165, 1.54) is 47.2 Å². The van der Waals surface area contributed by atoms with Crippen molar-refractivity contribution in [3.8, 4) is 0 Å². The molecule has 0 saturated heterocycles. The number of halogens is 1. The number of anilines is 1. The van der Waals surface area contributed by atoms with E-state index in [-0.39, 0.29) is 23.6 Å². The van der Waals surface area contributed by atoms with Crippen molar-refractivity contribution in [2.45, 2.75) is 19.9 Å². The van der Waals surface area contributed by atoms with Gasteiger partial charge in [-0.1, -0.05) is 29.8 Å². The van der Waals surface area contributed by atoms with Gasteiger partial charge in [-0.2, -0.15) is 0 Å². The first kappa shape index (κ1) is 21.0. The number of pyridine rings is 1. The zero-order chi connectivity index (χ0) is 21.5. The largest absolute Gasteiger partial charge is 0.354 e. The van der Waals surface area contributed by atoms with Crippen molar-refractivity contribution in [3.63, 3.8) is 0 Å². The van der Waals surface area contributed by atoms with Crippen LogP contribution in [-0.4, -0.2) is 22.9 Å². The number of aromatic nitrogens is 1. The van der Waals surface area contributed by atoms with Crippen LogP contribution in [0.2, 0.25) is 0 Å². The van der Waals surface area contributed by atoms with Gasteiger partial charge in [0.15, 0.2) is 0 Å². The molecule has 0 atom stereocenters. The Balaban J connectivity index is 1.58. The fourth-order valence-electron chi connectivity index (χ4n) is 2.95. The number of aryl methyl sites for hydroxylation is 1. The highest BCUT2D eigenvalue weighted by atomic mass is 19.1. The van der Waals surface area contributed by atoms with E-state index in [1.807, 2.05) is 25.1 Å². The van der Waals surface area contributed by atoms with Gasteiger partial charge in [-0.25, -0.2) is 4.39 Å². The van der Waals surface area contributed by atoms with E-state index in [2.05, 4.69) is 16.7 Å². The van der Waals surface area contributed by atoms with E-state index in [9.17, 15) is 18.8 Å². The van der Waals surface area contributed by atoms with E-state index in [0.29, 0.717) is 18.7 Å². The highest BCUT2D eigenvalue weighted by molar-refractivity contribution is 6.04. The summed E-state index contributed by atoms with van der Waals surface area (Å²) in [5, 5.41) is 5.41. The molecule has 0 spiro atoms. The first-order chi connectivity index (χ1) is 14.4. The summed E-state index contributed by atoms with van der Waals surface area (Å²) >= 11 is 0. The minimum atomic E-state index is -0.463. The molecule has 0 aliphatic heterocycles. The van der Waals surface area contributed by atoms with Gasteiger partial charge in [0.2, 0.25) is 5.91 Å². The molecule has 0 aliphatic carbocycles. The van der Waals surface area contributed by atoms with Gasteiger partial charge in [0, 0.05) is 24.5 Å². The van der Waals surface area contributed by atoms with Gasteiger partial charge in [-0.3, -0.25) is 14.4 Å². The number of nitrogens with zero attached hydrogens (tertiary/aromatic N) is 1. The second-order valence-corrected chi connectivity index (χ2v) is 6.93. The van der Waals surface area contributed by atoms with Crippen LogP contribution in [0.4, 0.5) is 10.1 Å². The lowest BCUT2D eigenvalue weighted by molar-refractivity contribution is -0.121. The van der Waals surface area contributed by atoms with E-state index < -0.39 is 11.7 Å². The molecule has 3 rings (SSSR count). The smallest absolute Gasteiger partial charge is 0.257 e. The molecule has 2 N–H and O–H groups in total. The zero-order valence-electron chi connectivity index (χ0n) is 16.5. The number of hydrogen-bond acceptors (Lipinski definition) is 3. The molecule has 154 valence electrons. The molecule has 3 aromatic rings. The minimum absolute atomic E-state index is 0.190. The van der Waals surface area contributed by atoms with Crippen molar-refractivity contribution in [1.29, 1.82) is 0 Å². The highest BCUT2D eigenvalue weighted by Gasteiger charge is 2.10. The van der Waals surface area contributed by atoms with E-state index in [0.717, 1.165) is 11.1 Å². The molecule has 0 bridgehead atoms. The van der Waals surface area contributed by atoms with Crippen LogP contribution in [0, 0.1) is 12.7 Å². The van der Waals surface area contributed by atoms with Crippen LogP contribution in [0.1, 0.15) is 21.5 Å². The van der Waals surface area contributed by atoms with Gasteiger partial charge < -0.3 is 15.2 Å². The van der Waals surface area contributed by atoms with Crippen LogP contribution in [0.5, 0.6) is 0 Å². The quantitative estimate of drug-likeness (QED) is 0.632. The van der Waals surface area contributed by atoms with Crippen molar-refractivity contribution in [3.05, 3.63) is 99.7 Å². The third-order valence-corrected chi connectivity index (χ3v) is 4.48. The predicted molar refractivity (Wildman–Crippen MR) is 113 cm³/mol. The van der Waals surface area contributed by atoms with Crippen LogP contribution in [-0.2, 0) is 17.8 Å². The number of carbonyl (C=O) groups is 2. The second kappa shape index (κ2) is 9.65. The molecule has 2 amide bonds. The number of amides is 2. The van der Waals surface area contributed by atoms with Gasteiger partial charge in [0.25, 0.3) is 11.5 Å². The molecule has 0 unspecified atom stereocenters. The molecule has 0 fully saturated rings. The summed E-state index contributed by atoms with van der Waals surface area (Å²) in [5.74, 6) is -1.19. The van der Waals surface area contributed by atoms with Crippen LogP contribution < -0.4 is 16.2 Å². The Bertz CT molecular complexity index is 1110. The molecule has 1 heterocycles. The van der Waals surface area contributed by atoms with E-state index in [4.69, 9.17) is 0 Å². The standard InChI is InChI=1S/C23H22FN3O3/c1-16-3-2-4-17(13-16)11-12-25-21(28)15-27-14-18(5-10-22(27)29)23(30)26-20-8-6-19(24)7-9-20/h2-10,13-14H,11-12,15H2,1H3,(H,25,28)(H,26,30). The van der Waals surface area contributed by atoms with Crippen molar-refractivity contribution >= 4 is 17.5 Å². The molecule has 1 aromatic heterocycles. The number of benzene rings is 2. The maximum Gasteiger partial charge on any atom is 0.257 e. The van der Waals surface area contributed by atoms with Gasteiger partial charge in [-0.15, -0.1) is 0 Å². The Morgan fingerprint density at radius 1 is 1.03 bits per heavy atom. The highest BCUT2D eigenvalue weighted by Crippen LogP contribution is 2.10. The Kier molecular flexibility index (Phi) is 6.75. The molecule has 2 aromatic carbocycles. The predicted octanol–water partition coefficient (Wildman–Crippen LogP) is 2.91. The lowest BCUT2D eigenvalue weighted by Crippen LogP contribution is -2.33. The van der Waals surface area contributed by atoms with Crippen LogP contribution in [0.25, 0.3) is 0 Å². The lowest BCUT2D eigenvalue weighted by Gasteiger charge is -2.10. The molecule has 0 aliphatic rings. The summed E-state index contributed by atoms with van der Waals surface area (Å²) in [6, 6.07) is 16.0. The van der Waals surface area contributed by atoms with Crippen molar-refractivity contribution in [2.75, 3.05) is 11.9 Å². The summed E-state index contributed by atoms with van der Waals surface area (Å²) in [5.41, 5.74) is 2.52.